The fraction of sp³-hybridized carbons (Fsp3) is 0.255. The molecule has 294 valence electrons. The van der Waals surface area contributed by atoms with Crippen molar-refractivity contribution in [3.63, 3.8) is 0 Å². The molecule has 1 saturated carbocycles. The summed E-state index contributed by atoms with van der Waals surface area (Å²) < 4.78 is -1.35. The van der Waals surface area contributed by atoms with Crippen molar-refractivity contribution < 1.29 is 4.79 Å². The van der Waals surface area contributed by atoms with Crippen LogP contribution in [0.2, 0.25) is 0 Å². The van der Waals surface area contributed by atoms with Gasteiger partial charge in [-0.15, -0.1) is 0 Å². The number of quaternary nitrogens is 2. The Morgan fingerprint density at radius 2 is 1.33 bits per heavy atom. The summed E-state index contributed by atoms with van der Waals surface area (Å²) in [5, 5.41) is 53.7. The number of fused-ring (bicyclic) bond motifs is 4. The Labute approximate surface area is 337 Å². The molecular formula is C47H48N8O3. The molecule has 9 rings (SSSR count). The largest absolute Gasteiger partial charge is 0.627 e. The molecule has 9 N–H and O–H groups in total. The van der Waals surface area contributed by atoms with Crippen LogP contribution in [0.4, 0.5) is 11.4 Å². The number of hydrogen-bond acceptors (Lipinski definition) is 6. The molecule has 11 nitrogen and oxygen atoms in total. The van der Waals surface area contributed by atoms with Gasteiger partial charge in [-0.1, -0.05) is 97.1 Å². The molecule has 58 heavy (non-hydrogen) atoms. The lowest BCUT2D eigenvalue weighted by molar-refractivity contribution is -0.123. The fourth-order valence-corrected chi connectivity index (χ4v) is 9.70. The zero-order valence-corrected chi connectivity index (χ0v) is 32.3. The number of carbonyl (C=O) groups is 1. The van der Waals surface area contributed by atoms with Gasteiger partial charge in [0.05, 0.1) is 19.0 Å². The third kappa shape index (κ3) is 6.80. The van der Waals surface area contributed by atoms with Gasteiger partial charge in [-0.05, 0) is 58.9 Å². The highest BCUT2D eigenvalue weighted by atomic mass is 16.5. The number of carbonyl (C=O) groups excluding carboxylic acids is 1. The van der Waals surface area contributed by atoms with E-state index >= 15 is 10.4 Å². The standard InChI is InChI=1S/C47H48N8O3/c48-36-14-16-37(17-15-36)53-47(56)42-27-54(57,44-23-33(46(51)52)13-19-40(42)44)24-28-8-9-29-10-11-31(21-35(29)20-28)41-26-55(58,43-22-32(45(49)50)12-18-39(41)43)25-34-6-3-5-30-4-1-2-7-38(30)34/h1-13,18-23,36-37,41-42H,14-17,24-27,48H2,(H3,49,50)(H3,51,52)(H,53,56). The lowest BCUT2D eigenvalue weighted by Crippen LogP contribution is -2.46. The number of benzene rings is 6. The summed E-state index contributed by atoms with van der Waals surface area (Å²) in [5.74, 6) is -1.23. The van der Waals surface area contributed by atoms with E-state index in [1.165, 1.54) is 0 Å². The first-order chi connectivity index (χ1) is 27.9. The van der Waals surface area contributed by atoms with E-state index in [0.717, 1.165) is 69.5 Å². The molecule has 4 atom stereocenters. The summed E-state index contributed by atoms with van der Waals surface area (Å²) in [4.78, 5) is 13.8. The van der Waals surface area contributed by atoms with Crippen LogP contribution in [0.5, 0.6) is 0 Å². The van der Waals surface area contributed by atoms with Crippen molar-refractivity contribution >= 4 is 50.5 Å². The van der Waals surface area contributed by atoms with E-state index in [2.05, 4.69) is 41.7 Å². The molecule has 6 aromatic carbocycles. The van der Waals surface area contributed by atoms with E-state index < -0.39 is 15.2 Å². The van der Waals surface area contributed by atoms with Crippen molar-refractivity contribution in [1.29, 1.82) is 10.8 Å². The number of hydrogen-bond donors (Lipinski definition) is 6. The lowest BCUT2D eigenvalue weighted by Gasteiger charge is -2.39. The number of nitrogen functional groups attached to an aromatic ring is 2. The molecule has 1 fully saturated rings. The Kier molecular flexibility index (Phi) is 9.38. The van der Waals surface area contributed by atoms with Crippen LogP contribution in [-0.4, -0.2) is 42.8 Å². The maximum atomic E-state index is 15.1. The van der Waals surface area contributed by atoms with Crippen LogP contribution >= 0.6 is 0 Å². The summed E-state index contributed by atoms with van der Waals surface area (Å²) in [6.45, 7) is 0.628. The van der Waals surface area contributed by atoms with Crippen molar-refractivity contribution in [2.24, 2.45) is 17.2 Å². The van der Waals surface area contributed by atoms with Crippen LogP contribution in [0, 0.1) is 21.2 Å². The van der Waals surface area contributed by atoms with Crippen molar-refractivity contribution in [3.8, 4) is 0 Å². The van der Waals surface area contributed by atoms with E-state index in [-0.39, 0.29) is 61.8 Å². The summed E-state index contributed by atoms with van der Waals surface area (Å²) >= 11 is 0. The Balaban J connectivity index is 1.03. The second-order valence-electron chi connectivity index (χ2n) is 16.6. The number of nitrogens with one attached hydrogen (secondary N) is 3. The maximum absolute atomic E-state index is 15.1. The highest BCUT2D eigenvalue weighted by Crippen LogP contribution is 2.47. The summed E-state index contributed by atoms with van der Waals surface area (Å²) in [6, 6.07) is 37.3. The van der Waals surface area contributed by atoms with Crippen molar-refractivity contribution in [2.75, 3.05) is 13.1 Å². The number of amidine groups is 2. The molecule has 11 heteroatoms. The van der Waals surface area contributed by atoms with Crippen molar-refractivity contribution in [3.05, 3.63) is 165 Å². The average Bonchev–Trinajstić information content (AvgIpc) is 3.68. The number of nitrogens with two attached hydrogens (primary N) is 3. The van der Waals surface area contributed by atoms with Gasteiger partial charge >= 0.3 is 0 Å². The monoisotopic (exact) mass is 772 g/mol. The Bertz CT molecular complexity index is 2630. The molecule has 0 saturated heterocycles. The van der Waals surface area contributed by atoms with Gasteiger partial charge in [0.1, 0.15) is 42.1 Å². The number of amides is 1. The van der Waals surface area contributed by atoms with Gasteiger partial charge in [-0.25, -0.2) is 0 Å². The van der Waals surface area contributed by atoms with Crippen molar-refractivity contribution in [1.82, 2.24) is 14.6 Å². The molecule has 4 unspecified atom stereocenters. The summed E-state index contributed by atoms with van der Waals surface area (Å²) in [5.41, 5.74) is 24.3. The van der Waals surface area contributed by atoms with Gasteiger partial charge < -0.3 is 42.2 Å². The number of rotatable bonds is 9. The van der Waals surface area contributed by atoms with Crippen LogP contribution < -0.4 is 31.8 Å². The molecule has 2 aliphatic heterocycles. The molecule has 3 aliphatic rings. The minimum Gasteiger partial charge on any atom is -0.627 e. The topological polar surface area (TPSA) is 201 Å². The van der Waals surface area contributed by atoms with Crippen LogP contribution in [0.15, 0.2) is 115 Å². The highest BCUT2D eigenvalue weighted by Gasteiger charge is 2.44. The normalized spacial score (nSPS) is 25.0. The Morgan fingerprint density at radius 3 is 2.07 bits per heavy atom. The molecule has 0 spiro atoms. The second kappa shape index (κ2) is 14.5. The average molecular weight is 773 g/mol. The highest BCUT2D eigenvalue weighted by molar-refractivity contribution is 5.98. The van der Waals surface area contributed by atoms with E-state index in [4.69, 9.17) is 28.0 Å². The molecule has 2 heterocycles. The Morgan fingerprint density at radius 1 is 0.672 bits per heavy atom. The maximum Gasteiger partial charge on any atom is 0.233 e. The number of hydroxylamine groups is 4. The zero-order valence-electron chi connectivity index (χ0n) is 32.3. The van der Waals surface area contributed by atoms with Gasteiger partial charge in [-0.3, -0.25) is 15.6 Å². The first-order valence-corrected chi connectivity index (χ1v) is 20.1. The summed E-state index contributed by atoms with van der Waals surface area (Å²) in [7, 11) is 0. The third-order valence-corrected chi connectivity index (χ3v) is 12.8. The quantitative estimate of drug-likeness (QED) is 0.0388. The predicted molar refractivity (Wildman–Crippen MR) is 233 cm³/mol. The second-order valence-corrected chi connectivity index (χ2v) is 16.6. The van der Waals surface area contributed by atoms with E-state index in [1.54, 1.807) is 24.3 Å². The zero-order chi connectivity index (χ0) is 40.3. The minimum atomic E-state index is -0.756. The van der Waals surface area contributed by atoms with E-state index in [1.807, 2.05) is 54.6 Å². The Hall–Kier alpha value is -5.95. The van der Waals surface area contributed by atoms with Gasteiger partial charge in [0.25, 0.3) is 0 Å². The summed E-state index contributed by atoms with van der Waals surface area (Å²) in [6.07, 6.45) is 3.35. The smallest absolute Gasteiger partial charge is 0.233 e. The van der Waals surface area contributed by atoms with Crippen LogP contribution in [0.1, 0.15) is 76.5 Å². The van der Waals surface area contributed by atoms with Gasteiger partial charge in [0, 0.05) is 57.6 Å². The molecule has 0 bridgehead atoms. The van der Waals surface area contributed by atoms with Crippen LogP contribution in [-0.2, 0) is 17.9 Å². The molecule has 1 aliphatic carbocycles. The van der Waals surface area contributed by atoms with Gasteiger partial charge in [0.2, 0.25) is 5.91 Å². The van der Waals surface area contributed by atoms with Crippen molar-refractivity contribution in [2.45, 2.75) is 62.7 Å². The predicted octanol–water partition coefficient (Wildman–Crippen LogP) is 7.20. The van der Waals surface area contributed by atoms with E-state index in [0.29, 0.717) is 28.1 Å². The fourth-order valence-electron chi connectivity index (χ4n) is 9.70. The number of nitrogens with zero attached hydrogens (tertiary/aromatic N) is 2. The first kappa shape index (κ1) is 37.6. The van der Waals surface area contributed by atoms with E-state index in [9.17, 15) is 4.79 Å². The van der Waals surface area contributed by atoms with Crippen LogP contribution in [0.3, 0.4) is 0 Å². The SMILES string of the molecule is N=C(N)c1ccc2c(c1)[N+]([O-])(Cc1ccc3ccc(C4C[N+]([O-])(Cc5cccc6ccccc56)c5cc(C(=N)N)ccc54)cc3c1)CC2C(=O)NC1CCC(N)CC1. The molecule has 0 radical (unpaired) electrons. The first-order valence-electron chi connectivity index (χ1n) is 20.1. The molecule has 1 amide bonds. The molecular weight excluding hydrogens is 725 g/mol. The molecule has 6 aromatic rings. The molecule has 0 aromatic heterocycles. The minimum absolute atomic E-state index is 0.0305. The third-order valence-electron chi connectivity index (χ3n) is 12.8. The lowest BCUT2D eigenvalue weighted by atomic mass is 9.90. The van der Waals surface area contributed by atoms with Gasteiger partial charge in [-0.2, -0.15) is 0 Å². The van der Waals surface area contributed by atoms with Crippen LogP contribution in [0.25, 0.3) is 21.5 Å². The van der Waals surface area contributed by atoms with Gasteiger partial charge in [0.15, 0.2) is 0 Å².